The Balaban J connectivity index is 2.21. The van der Waals surface area contributed by atoms with E-state index >= 15 is 0 Å². The summed E-state index contributed by atoms with van der Waals surface area (Å²) >= 11 is 0. The Labute approximate surface area is 120 Å². The van der Waals surface area contributed by atoms with Gasteiger partial charge in [-0.25, -0.2) is 0 Å². The van der Waals surface area contributed by atoms with Crippen molar-refractivity contribution in [3.63, 3.8) is 0 Å². The van der Waals surface area contributed by atoms with E-state index in [0.29, 0.717) is 12.5 Å². The predicted molar refractivity (Wildman–Crippen MR) is 82.8 cm³/mol. The lowest BCUT2D eigenvalue weighted by atomic mass is 9.94. The molecule has 2 aromatic rings. The number of anilines is 1. The molecule has 0 aliphatic rings. The van der Waals surface area contributed by atoms with Gasteiger partial charge in [0, 0.05) is 17.3 Å². The Morgan fingerprint density at radius 3 is 2.50 bits per heavy atom. The zero-order valence-electron chi connectivity index (χ0n) is 12.6. The highest BCUT2D eigenvalue weighted by atomic mass is 16.3. The second kappa shape index (κ2) is 5.75. The maximum atomic E-state index is 10.4. The van der Waals surface area contributed by atoms with Crippen molar-refractivity contribution >= 4 is 16.6 Å². The van der Waals surface area contributed by atoms with Crippen LogP contribution in [-0.2, 0) is 0 Å². The van der Waals surface area contributed by atoms with Gasteiger partial charge in [0.05, 0.1) is 11.3 Å². The van der Waals surface area contributed by atoms with E-state index in [-0.39, 0.29) is 0 Å². The summed E-state index contributed by atoms with van der Waals surface area (Å²) in [4.78, 5) is 0. The lowest BCUT2D eigenvalue weighted by Crippen LogP contribution is -2.35. The first-order chi connectivity index (χ1) is 9.39. The molecule has 108 valence electrons. The molecule has 0 amide bonds. The predicted octanol–water partition coefficient (Wildman–Crippen LogP) is 3.15. The molecule has 0 saturated carbocycles. The van der Waals surface area contributed by atoms with Gasteiger partial charge in [0.15, 0.2) is 5.82 Å². The van der Waals surface area contributed by atoms with Crippen LogP contribution in [0.4, 0.5) is 5.82 Å². The van der Waals surface area contributed by atoms with Crippen molar-refractivity contribution in [3.05, 3.63) is 30.0 Å². The van der Waals surface area contributed by atoms with Crippen molar-refractivity contribution in [1.29, 1.82) is 0 Å². The Hall–Kier alpha value is -1.68. The average molecular weight is 273 g/mol. The minimum Gasteiger partial charge on any atom is -0.388 e. The monoisotopic (exact) mass is 273 g/mol. The second-order valence-electron chi connectivity index (χ2n) is 6.13. The van der Waals surface area contributed by atoms with Crippen LogP contribution in [0, 0.1) is 12.8 Å². The molecule has 0 radical (unpaired) electrons. The second-order valence-corrected chi connectivity index (χ2v) is 6.13. The number of hydrogen-bond donors (Lipinski definition) is 2. The van der Waals surface area contributed by atoms with E-state index in [2.05, 4.69) is 29.4 Å². The molecule has 1 unspecified atom stereocenters. The maximum absolute atomic E-state index is 10.4. The van der Waals surface area contributed by atoms with Gasteiger partial charge in [0.25, 0.3) is 0 Å². The highest BCUT2D eigenvalue weighted by Gasteiger charge is 2.22. The molecule has 2 rings (SSSR count). The molecule has 0 saturated heterocycles. The third-order valence-electron chi connectivity index (χ3n) is 3.36. The van der Waals surface area contributed by atoms with Gasteiger partial charge in [0.1, 0.15) is 0 Å². The molecule has 0 fully saturated rings. The summed E-state index contributed by atoms with van der Waals surface area (Å²) < 4.78 is 0. The molecule has 4 nitrogen and oxygen atoms in total. The smallest absolute Gasteiger partial charge is 0.156 e. The van der Waals surface area contributed by atoms with Crippen LogP contribution in [0.5, 0.6) is 0 Å². The summed E-state index contributed by atoms with van der Waals surface area (Å²) in [5.41, 5.74) is 0.169. The van der Waals surface area contributed by atoms with Crippen LogP contribution >= 0.6 is 0 Å². The van der Waals surface area contributed by atoms with E-state index in [0.717, 1.165) is 28.7 Å². The van der Waals surface area contributed by atoms with Crippen molar-refractivity contribution in [1.82, 2.24) is 10.2 Å². The molecule has 0 aliphatic carbocycles. The Morgan fingerprint density at radius 2 is 1.85 bits per heavy atom. The molecular formula is C16H23N3O. The lowest BCUT2D eigenvalue weighted by Gasteiger charge is -2.26. The van der Waals surface area contributed by atoms with Crippen LogP contribution in [0.25, 0.3) is 10.8 Å². The number of aryl methyl sites for hydroxylation is 1. The summed E-state index contributed by atoms with van der Waals surface area (Å²) in [6.07, 6.45) is 0.747. The van der Waals surface area contributed by atoms with E-state index in [1.54, 1.807) is 0 Å². The third kappa shape index (κ3) is 3.45. The molecular weight excluding hydrogens is 250 g/mol. The highest BCUT2D eigenvalue weighted by Crippen LogP contribution is 2.23. The Bertz CT molecular complexity index is 593. The minimum absolute atomic E-state index is 0.452. The first-order valence-corrected chi connectivity index (χ1v) is 7.07. The first kappa shape index (κ1) is 14.7. The maximum Gasteiger partial charge on any atom is 0.156 e. The molecule has 20 heavy (non-hydrogen) atoms. The number of fused-ring (bicyclic) bond motifs is 1. The lowest BCUT2D eigenvalue weighted by molar-refractivity contribution is 0.0515. The van der Waals surface area contributed by atoms with Crippen molar-refractivity contribution in [3.8, 4) is 0 Å². The Morgan fingerprint density at radius 1 is 1.20 bits per heavy atom. The topological polar surface area (TPSA) is 58.0 Å². The van der Waals surface area contributed by atoms with Gasteiger partial charge in [-0.05, 0) is 26.2 Å². The highest BCUT2D eigenvalue weighted by molar-refractivity contribution is 5.92. The van der Waals surface area contributed by atoms with Crippen LogP contribution in [0.1, 0.15) is 32.9 Å². The quantitative estimate of drug-likeness (QED) is 0.878. The molecule has 1 aromatic heterocycles. The largest absolute Gasteiger partial charge is 0.388 e. The number of nitrogens with one attached hydrogen (secondary N) is 1. The van der Waals surface area contributed by atoms with Gasteiger partial charge in [-0.3, -0.25) is 0 Å². The molecule has 0 aliphatic heterocycles. The summed E-state index contributed by atoms with van der Waals surface area (Å²) in [6, 6.07) is 8.05. The number of rotatable bonds is 5. The molecule has 0 bridgehead atoms. The number of aliphatic hydroxyl groups is 1. The van der Waals surface area contributed by atoms with Crippen molar-refractivity contribution < 1.29 is 5.11 Å². The van der Waals surface area contributed by atoms with E-state index < -0.39 is 5.60 Å². The van der Waals surface area contributed by atoms with Crippen LogP contribution in [0.3, 0.4) is 0 Å². The standard InChI is InChI=1S/C16H23N3O/c1-11(2)9-16(4,20)10-17-15-14-8-6-5-7-13(14)12(3)18-19-15/h5-8,11,20H,9-10H2,1-4H3,(H,17,19). The van der Waals surface area contributed by atoms with Gasteiger partial charge >= 0.3 is 0 Å². The fraction of sp³-hybridized carbons (Fsp3) is 0.500. The van der Waals surface area contributed by atoms with Crippen molar-refractivity contribution in [2.24, 2.45) is 5.92 Å². The third-order valence-corrected chi connectivity index (χ3v) is 3.36. The summed E-state index contributed by atoms with van der Waals surface area (Å²) in [5.74, 6) is 1.18. The summed E-state index contributed by atoms with van der Waals surface area (Å²) in [7, 11) is 0. The van der Waals surface area contributed by atoms with Crippen LogP contribution in [-0.4, -0.2) is 27.4 Å². The summed E-state index contributed by atoms with van der Waals surface area (Å²) in [5, 5.41) is 24.1. The van der Waals surface area contributed by atoms with Gasteiger partial charge in [0.2, 0.25) is 0 Å². The van der Waals surface area contributed by atoms with Gasteiger partial charge in [-0.1, -0.05) is 38.1 Å². The summed E-state index contributed by atoms with van der Waals surface area (Å²) in [6.45, 7) is 8.48. The van der Waals surface area contributed by atoms with E-state index in [4.69, 9.17) is 0 Å². The van der Waals surface area contributed by atoms with Crippen LogP contribution in [0.15, 0.2) is 24.3 Å². The number of benzene rings is 1. The van der Waals surface area contributed by atoms with E-state index in [1.807, 2.05) is 38.1 Å². The first-order valence-electron chi connectivity index (χ1n) is 7.07. The van der Waals surface area contributed by atoms with E-state index in [9.17, 15) is 5.11 Å². The van der Waals surface area contributed by atoms with Gasteiger partial charge in [-0.2, -0.15) is 5.10 Å². The average Bonchev–Trinajstić information content (AvgIpc) is 2.37. The normalized spacial score (nSPS) is 14.5. The molecule has 4 heteroatoms. The molecule has 1 atom stereocenters. The van der Waals surface area contributed by atoms with Gasteiger partial charge in [-0.15, -0.1) is 5.10 Å². The number of nitrogens with zero attached hydrogens (tertiary/aromatic N) is 2. The van der Waals surface area contributed by atoms with Crippen LogP contribution in [0.2, 0.25) is 0 Å². The SMILES string of the molecule is Cc1nnc(NCC(C)(O)CC(C)C)c2ccccc12. The number of aromatic nitrogens is 2. The van der Waals surface area contributed by atoms with Crippen LogP contribution < -0.4 is 5.32 Å². The zero-order valence-corrected chi connectivity index (χ0v) is 12.6. The Kier molecular flexibility index (Phi) is 4.23. The zero-order chi connectivity index (χ0) is 14.8. The molecule has 0 spiro atoms. The molecule has 1 aromatic carbocycles. The molecule has 2 N–H and O–H groups in total. The van der Waals surface area contributed by atoms with Crippen molar-refractivity contribution in [2.75, 3.05) is 11.9 Å². The van der Waals surface area contributed by atoms with E-state index in [1.165, 1.54) is 0 Å². The minimum atomic E-state index is -0.748. The van der Waals surface area contributed by atoms with Crippen molar-refractivity contribution in [2.45, 2.75) is 39.7 Å². The number of hydrogen-bond acceptors (Lipinski definition) is 4. The fourth-order valence-electron chi connectivity index (χ4n) is 2.59. The molecule has 1 heterocycles. The van der Waals surface area contributed by atoms with Gasteiger partial charge < -0.3 is 10.4 Å². The fourth-order valence-corrected chi connectivity index (χ4v) is 2.59.